The predicted molar refractivity (Wildman–Crippen MR) is 64.3 cm³/mol. The molecular weight excluding hydrogens is 220 g/mol. The van der Waals surface area contributed by atoms with Crippen molar-refractivity contribution in [3.8, 4) is 5.75 Å². The van der Waals surface area contributed by atoms with E-state index in [-0.39, 0.29) is 5.69 Å². The zero-order valence-corrected chi connectivity index (χ0v) is 9.81. The molecule has 0 bridgehead atoms. The molecule has 17 heavy (non-hydrogen) atoms. The van der Waals surface area contributed by atoms with E-state index in [4.69, 9.17) is 4.74 Å². The minimum absolute atomic E-state index is 0.0438. The maximum atomic E-state index is 10.8. The summed E-state index contributed by atoms with van der Waals surface area (Å²) >= 11 is 0. The number of nitro groups is 1. The standard InChI is InChI=1S/C12H16N2O3/c1-9-2-3-11(14(15)16)12(6-9)17-5-4-10-7-13-8-10/h2-3,6,10,13H,4-5,7-8H2,1H3. The van der Waals surface area contributed by atoms with Crippen molar-refractivity contribution in [1.82, 2.24) is 5.32 Å². The molecule has 1 fully saturated rings. The number of ether oxygens (including phenoxy) is 1. The Balaban J connectivity index is 1.97. The topological polar surface area (TPSA) is 64.4 Å². The molecule has 92 valence electrons. The van der Waals surface area contributed by atoms with Crippen molar-refractivity contribution in [2.45, 2.75) is 13.3 Å². The van der Waals surface area contributed by atoms with Crippen LogP contribution in [-0.2, 0) is 0 Å². The van der Waals surface area contributed by atoms with Crippen LogP contribution < -0.4 is 10.1 Å². The van der Waals surface area contributed by atoms with Crippen LogP contribution in [0.25, 0.3) is 0 Å². The van der Waals surface area contributed by atoms with Gasteiger partial charge in [0.25, 0.3) is 0 Å². The van der Waals surface area contributed by atoms with Crippen molar-refractivity contribution in [3.63, 3.8) is 0 Å². The Labute approximate surface area is 99.9 Å². The van der Waals surface area contributed by atoms with E-state index in [9.17, 15) is 10.1 Å². The van der Waals surface area contributed by atoms with Crippen LogP contribution in [-0.4, -0.2) is 24.6 Å². The molecular formula is C12H16N2O3. The molecule has 0 aliphatic carbocycles. The van der Waals surface area contributed by atoms with Gasteiger partial charge in [-0.2, -0.15) is 0 Å². The van der Waals surface area contributed by atoms with E-state index in [1.165, 1.54) is 6.07 Å². The highest BCUT2D eigenvalue weighted by atomic mass is 16.6. The van der Waals surface area contributed by atoms with Crippen molar-refractivity contribution >= 4 is 5.69 Å². The zero-order chi connectivity index (χ0) is 12.3. The molecule has 0 unspecified atom stereocenters. The Hall–Kier alpha value is -1.62. The number of hydrogen-bond donors (Lipinski definition) is 1. The summed E-state index contributed by atoms with van der Waals surface area (Å²) in [4.78, 5) is 10.4. The van der Waals surface area contributed by atoms with Crippen molar-refractivity contribution in [1.29, 1.82) is 0 Å². The molecule has 1 N–H and O–H groups in total. The summed E-state index contributed by atoms with van der Waals surface area (Å²) in [5.41, 5.74) is 1.01. The maximum absolute atomic E-state index is 10.8. The molecule has 0 amide bonds. The zero-order valence-electron chi connectivity index (χ0n) is 9.81. The first-order valence-electron chi connectivity index (χ1n) is 5.75. The average Bonchev–Trinajstić information content (AvgIpc) is 2.21. The van der Waals surface area contributed by atoms with Crippen LogP contribution in [0, 0.1) is 23.0 Å². The lowest BCUT2D eigenvalue weighted by Gasteiger charge is -2.26. The average molecular weight is 236 g/mol. The van der Waals surface area contributed by atoms with Crippen molar-refractivity contribution in [2.75, 3.05) is 19.7 Å². The van der Waals surface area contributed by atoms with Gasteiger partial charge in [-0.15, -0.1) is 0 Å². The number of benzene rings is 1. The summed E-state index contributed by atoms with van der Waals surface area (Å²) in [6.45, 7) is 4.49. The van der Waals surface area contributed by atoms with Crippen molar-refractivity contribution < 1.29 is 9.66 Å². The van der Waals surface area contributed by atoms with Crippen LogP contribution >= 0.6 is 0 Å². The SMILES string of the molecule is Cc1ccc([N+](=O)[O-])c(OCCC2CNC2)c1. The molecule has 1 aromatic rings. The lowest BCUT2D eigenvalue weighted by Crippen LogP contribution is -2.42. The van der Waals surface area contributed by atoms with E-state index in [0.29, 0.717) is 18.3 Å². The normalized spacial score (nSPS) is 15.4. The molecule has 0 aromatic heterocycles. The number of nitro benzene ring substituents is 1. The highest BCUT2D eigenvalue weighted by Crippen LogP contribution is 2.28. The third-order valence-corrected chi connectivity index (χ3v) is 2.96. The lowest BCUT2D eigenvalue weighted by atomic mass is 10.0. The fourth-order valence-corrected chi connectivity index (χ4v) is 1.78. The summed E-state index contributed by atoms with van der Waals surface area (Å²) in [5.74, 6) is 1.03. The second-order valence-electron chi connectivity index (χ2n) is 4.39. The fraction of sp³-hybridized carbons (Fsp3) is 0.500. The quantitative estimate of drug-likeness (QED) is 0.626. The Morgan fingerprint density at radius 2 is 2.29 bits per heavy atom. The number of rotatable bonds is 5. The van der Waals surface area contributed by atoms with Gasteiger partial charge in [0.2, 0.25) is 0 Å². The fourth-order valence-electron chi connectivity index (χ4n) is 1.78. The van der Waals surface area contributed by atoms with Crippen LogP contribution in [0.1, 0.15) is 12.0 Å². The largest absolute Gasteiger partial charge is 0.487 e. The number of nitrogens with zero attached hydrogens (tertiary/aromatic N) is 1. The molecule has 0 saturated carbocycles. The van der Waals surface area contributed by atoms with E-state index in [0.717, 1.165) is 25.1 Å². The monoisotopic (exact) mass is 236 g/mol. The van der Waals surface area contributed by atoms with Gasteiger partial charge in [-0.25, -0.2) is 0 Å². The lowest BCUT2D eigenvalue weighted by molar-refractivity contribution is -0.385. The molecule has 0 spiro atoms. The third-order valence-electron chi connectivity index (χ3n) is 2.96. The van der Waals surface area contributed by atoms with Crippen LogP contribution in [0.5, 0.6) is 5.75 Å². The van der Waals surface area contributed by atoms with E-state index >= 15 is 0 Å². The van der Waals surface area contributed by atoms with Gasteiger partial charge in [-0.1, -0.05) is 6.07 Å². The predicted octanol–water partition coefficient (Wildman–Crippen LogP) is 1.89. The van der Waals surface area contributed by atoms with Crippen molar-refractivity contribution in [2.24, 2.45) is 5.92 Å². The van der Waals surface area contributed by atoms with Crippen LogP contribution in [0.4, 0.5) is 5.69 Å². The van der Waals surface area contributed by atoms with Crippen molar-refractivity contribution in [3.05, 3.63) is 33.9 Å². The molecule has 2 rings (SSSR count). The summed E-state index contributed by atoms with van der Waals surface area (Å²) in [6.07, 6.45) is 0.943. The second kappa shape index (κ2) is 5.14. The van der Waals surface area contributed by atoms with Gasteiger partial charge in [0, 0.05) is 6.07 Å². The highest BCUT2D eigenvalue weighted by molar-refractivity contribution is 5.48. The van der Waals surface area contributed by atoms with Crippen LogP contribution in [0.3, 0.4) is 0 Å². The van der Waals surface area contributed by atoms with Gasteiger partial charge in [-0.05, 0) is 44.0 Å². The van der Waals surface area contributed by atoms with Gasteiger partial charge in [-0.3, -0.25) is 10.1 Å². The second-order valence-corrected chi connectivity index (χ2v) is 4.39. The first-order chi connectivity index (χ1) is 8.16. The van der Waals surface area contributed by atoms with Gasteiger partial charge in [0.05, 0.1) is 11.5 Å². The van der Waals surface area contributed by atoms with Gasteiger partial charge >= 0.3 is 5.69 Å². The summed E-state index contributed by atoms with van der Waals surface area (Å²) in [7, 11) is 0. The molecule has 0 radical (unpaired) electrons. The highest BCUT2D eigenvalue weighted by Gasteiger charge is 2.18. The number of nitrogens with one attached hydrogen (secondary N) is 1. The summed E-state index contributed by atoms with van der Waals surface area (Å²) in [6, 6.07) is 4.94. The van der Waals surface area contributed by atoms with E-state index < -0.39 is 4.92 Å². The maximum Gasteiger partial charge on any atom is 0.310 e. The molecule has 1 heterocycles. The Bertz CT molecular complexity index is 416. The first-order valence-corrected chi connectivity index (χ1v) is 5.75. The van der Waals surface area contributed by atoms with E-state index in [1.54, 1.807) is 12.1 Å². The van der Waals surface area contributed by atoms with E-state index in [2.05, 4.69) is 5.32 Å². The molecule has 5 heteroatoms. The summed E-state index contributed by atoms with van der Waals surface area (Å²) < 4.78 is 5.52. The van der Waals surface area contributed by atoms with Crippen LogP contribution in [0.2, 0.25) is 0 Å². The minimum Gasteiger partial charge on any atom is -0.487 e. The van der Waals surface area contributed by atoms with Crippen LogP contribution in [0.15, 0.2) is 18.2 Å². The van der Waals surface area contributed by atoms with E-state index in [1.807, 2.05) is 6.92 Å². The van der Waals surface area contributed by atoms with Gasteiger partial charge < -0.3 is 10.1 Å². The first kappa shape index (κ1) is 11.9. The minimum atomic E-state index is -0.403. The molecule has 1 saturated heterocycles. The van der Waals surface area contributed by atoms with Gasteiger partial charge in [0.1, 0.15) is 0 Å². The Kier molecular flexibility index (Phi) is 3.58. The number of aryl methyl sites for hydroxylation is 1. The Morgan fingerprint density at radius 1 is 1.53 bits per heavy atom. The molecule has 1 aliphatic heterocycles. The molecule has 1 aliphatic rings. The molecule has 0 atom stereocenters. The number of hydrogen-bond acceptors (Lipinski definition) is 4. The molecule has 1 aromatic carbocycles. The van der Waals surface area contributed by atoms with Gasteiger partial charge in [0.15, 0.2) is 5.75 Å². The summed E-state index contributed by atoms with van der Waals surface area (Å²) in [5, 5.41) is 14.0. The molecule has 5 nitrogen and oxygen atoms in total. The third kappa shape index (κ3) is 2.94. The Morgan fingerprint density at radius 3 is 2.88 bits per heavy atom. The smallest absolute Gasteiger partial charge is 0.310 e.